The van der Waals surface area contributed by atoms with Crippen LogP contribution in [0.2, 0.25) is 0 Å². The third kappa shape index (κ3) is 8.10. The molecule has 0 saturated heterocycles. The predicted molar refractivity (Wildman–Crippen MR) is 106 cm³/mol. The average Bonchev–Trinajstić information content (AvgIpc) is 2.60. The molecule has 27 heavy (non-hydrogen) atoms. The number of aliphatic hydroxyl groups excluding tert-OH is 1. The van der Waals surface area contributed by atoms with E-state index in [9.17, 15) is 14.7 Å². The van der Waals surface area contributed by atoms with Crippen molar-refractivity contribution in [1.82, 2.24) is 5.32 Å². The minimum absolute atomic E-state index is 0.173. The monoisotopic (exact) mass is 378 g/mol. The average molecular weight is 379 g/mol. The molecule has 0 aliphatic carbocycles. The van der Waals surface area contributed by atoms with Crippen LogP contribution >= 0.6 is 0 Å². The topological polar surface area (TPSA) is 102 Å². The molecule has 0 fully saturated rings. The van der Waals surface area contributed by atoms with Gasteiger partial charge in [-0.05, 0) is 37.2 Å². The molecule has 1 aromatic rings. The highest BCUT2D eigenvalue weighted by atomic mass is 16.5. The highest BCUT2D eigenvalue weighted by molar-refractivity contribution is 5.87. The van der Waals surface area contributed by atoms with Gasteiger partial charge in [0.25, 0.3) is 5.91 Å². The molecule has 0 unspecified atom stereocenters. The number of nitrogens with two attached hydrogens (primary N) is 1. The minimum Gasteiger partial charge on any atom is -0.461 e. The molecule has 6 heteroatoms. The van der Waals surface area contributed by atoms with Gasteiger partial charge in [0.05, 0.1) is 0 Å². The van der Waals surface area contributed by atoms with E-state index in [2.05, 4.69) is 5.32 Å². The van der Waals surface area contributed by atoms with E-state index >= 15 is 0 Å². The molecule has 1 aromatic carbocycles. The summed E-state index contributed by atoms with van der Waals surface area (Å²) in [6, 6.07) is 7.83. The maximum absolute atomic E-state index is 12.5. The van der Waals surface area contributed by atoms with Crippen LogP contribution in [-0.4, -0.2) is 41.3 Å². The summed E-state index contributed by atoms with van der Waals surface area (Å²) >= 11 is 0. The maximum atomic E-state index is 12.5. The van der Waals surface area contributed by atoms with Gasteiger partial charge in [-0.25, -0.2) is 4.79 Å². The first-order chi connectivity index (χ1) is 12.6. The molecule has 0 spiro atoms. The number of rotatable bonds is 10. The van der Waals surface area contributed by atoms with Crippen molar-refractivity contribution >= 4 is 11.9 Å². The normalized spacial score (nSPS) is 15.9. The summed E-state index contributed by atoms with van der Waals surface area (Å²) < 4.78 is 5.45. The molecule has 1 rings (SSSR count). The number of amides is 1. The minimum atomic E-state index is -1.41. The number of aliphatic hydroxyl groups is 1. The number of carbonyl (C=O) groups excluding carboxylic acids is 2. The quantitative estimate of drug-likeness (QED) is 0.541. The smallest absolute Gasteiger partial charge is 0.328 e. The van der Waals surface area contributed by atoms with Gasteiger partial charge in [0, 0.05) is 6.04 Å². The van der Waals surface area contributed by atoms with E-state index in [1.807, 2.05) is 65.0 Å². The molecule has 0 aliphatic rings. The molecule has 0 saturated carbocycles. The van der Waals surface area contributed by atoms with E-state index in [4.69, 9.17) is 10.5 Å². The maximum Gasteiger partial charge on any atom is 0.328 e. The first-order valence-electron chi connectivity index (χ1n) is 9.60. The van der Waals surface area contributed by atoms with E-state index < -0.39 is 30.1 Å². The van der Waals surface area contributed by atoms with Crippen molar-refractivity contribution in [2.45, 2.75) is 71.8 Å². The number of hydrogen-bond donors (Lipinski definition) is 3. The van der Waals surface area contributed by atoms with Crippen molar-refractivity contribution in [2.75, 3.05) is 0 Å². The Morgan fingerprint density at radius 2 is 1.70 bits per heavy atom. The molecule has 1 amide bonds. The summed E-state index contributed by atoms with van der Waals surface area (Å²) in [4.78, 5) is 24.9. The van der Waals surface area contributed by atoms with Gasteiger partial charge < -0.3 is 20.9 Å². The van der Waals surface area contributed by atoms with Crippen LogP contribution in [0.5, 0.6) is 0 Å². The number of hydrogen-bond acceptors (Lipinski definition) is 5. The van der Waals surface area contributed by atoms with Crippen molar-refractivity contribution in [3.8, 4) is 0 Å². The first-order valence-corrected chi connectivity index (χ1v) is 9.60. The third-order valence-electron chi connectivity index (χ3n) is 4.54. The van der Waals surface area contributed by atoms with Crippen LogP contribution < -0.4 is 11.1 Å². The van der Waals surface area contributed by atoms with Crippen LogP contribution in [0.1, 0.15) is 46.6 Å². The fraction of sp³-hybridized carbons (Fsp3) is 0.619. The van der Waals surface area contributed by atoms with Crippen molar-refractivity contribution in [2.24, 2.45) is 17.6 Å². The zero-order chi connectivity index (χ0) is 20.6. The Hall–Kier alpha value is -1.92. The number of carbonyl (C=O) groups is 2. The predicted octanol–water partition coefficient (Wildman–Crippen LogP) is 2.04. The number of benzene rings is 1. The Bertz CT molecular complexity index is 589. The van der Waals surface area contributed by atoms with Gasteiger partial charge in [0.2, 0.25) is 0 Å². The third-order valence-corrected chi connectivity index (χ3v) is 4.54. The van der Waals surface area contributed by atoms with Gasteiger partial charge in [-0.3, -0.25) is 4.79 Å². The lowest BCUT2D eigenvalue weighted by Gasteiger charge is -2.25. The zero-order valence-electron chi connectivity index (χ0n) is 17.0. The molecule has 0 bridgehead atoms. The van der Waals surface area contributed by atoms with Crippen LogP contribution in [0.3, 0.4) is 0 Å². The number of esters is 1. The summed E-state index contributed by atoms with van der Waals surface area (Å²) in [5, 5.41) is 12.9. The van der Waals surface area contributed by atoms with Crippen LogP contribution in [0, 0.1) is 11.8 Å². The lowest BCUT2D eigenvalue weighted by molar-refractivity contribution is -0.155. The second-order valence-electron chi connectivity index (χ2n) is 7.88. The molecule has 0 radical (unpaired) electrons. The molecule has 0 aliphatic heterocycles. The van der Waals surface area contributed by atoms with Crippen molar-refractivity contribution in [3.63, 3.8) is 0 Å². The zero-order valence-corrected chi connectivity index (χ0v) is 17.0. The Balaban J connectivity index is 2.72. The largest absolute Gasteiger partial charge is 0.461 e. The highest BCUT2D eigenvalue weighted by Crippen LogP contribution is 2.12. The van der Waals surface area contributed by atoms with E-state index in [0.717, 1.165) is 5.56 Å². The van der Waals surface area contributed by atoms with Gasteiger partial charge >= 0.3 is 5.97 Å². The molecule has 4 N–H and O–H groups in total. The van der Waals surface area contributed by atoms with Gasteiger partial charge in [0.15, 0.2) is 0 Å². The van der Waals surface area contributed by atoms with Crippen LogP contribution in [0.25, 0.3) is 0 Å². The van der Waals surface area contributed by atoms with Crippen LogP contribution in [0.15, 0.2) is 30.3 Å². The van der Waals surface area contributed by atoms with Gasteiger partial charge in [-0.1, -0.05) is 58.0 Å². The van der Waals surface area contributed by atoms with Crippen LogP contribution in [-0.2, 0) is 20.7 Å². The Morgan fingerprint density at radius 3 is 2.22 bits per heavy atom. The summed E-state index contributed by atoms with van der Waals surface area (Å²) in [5.41, 5.74) is 6.93. The van der Waals surface area contributed by atoms with Crippen LogP contribution in [0.4, 0.5) is 0 Å². The Kier molecular flexibility index (Phi) is 9.46. The van der Waals surface area contributed by atoms with Gasteiger partial charge in [-0.15, -0.1) is 0 Å². The van der Waals surface area contributed by atoms with Gasteiger partial charge in [-0.2, -0.15) is 0 Å². The van der Waals surface area contributed by atoms with E-state index in [1.165, 1.54) is 0 Å². The molecular formula is C21H34N2O4. The summed E-state index contributed by atoms with van der Waals surface area (Å²) in [5.74, 6) is -0.790. The van der Waals surface area contributed by atoms with Crippen molar-refractivity contribution in [1.29, 1.82) is 0 Å². The molecular weight excluding hydrogens is 344 g/mol. The fourth-order valence-electron chi connectivity index (χ4n) is 2.54. The Labute approximate surface area is 162 Å². The SMILES string of the molecule is CC(C)C[C@H](NC(=O)[C@@H](O)[C@H](N)Cc1ccccc1)C(=O)O[C@@H](C)C(C)C. The summed E-state index contributed by atoms with van der Waals surface area (Å²) in [6.45, 7) is 9.65. The standard InChI is InChI=1S/C21H34N2O4/c1-13(2)11-18(21(26)27-15(5)14(3)4)23-20(25)19(24)17(22)12-16-9-7-6-8-10-16/h6-10,13-15,17-19,24H,11-12,22H2,1-5H3,(H,23,25)/t15-,17+,18-,19-/m0/s1. The first kappa shape index (κ1) is 23.1. The Morgan fingerprint density at radius 1 is 1.11 bits per heavy atom. The number of ether oxygens (including phenoxy) is 1. The number of nitrogens with one attached hydrogen (secondary N) is 1. The lowest BCUT2D eigenvalue weighted by atomic mass is 10.00. The lowest BCUT2D eigenvalue weighted by Crippen LogP contribution is -2.52. The van der Waals surface area contributed by atoms with E-state index in [-0.39, 0.29) is 17.9 Å². The van der Waals surface area contributed by atoms with Gasteiger partial charge in [0.1, 0.15) is 18.2 Å². The molecule has 0 aromatic heterocycles. The van der Waals surface area contributed by atoms with E-state index in [1.54, 1.807) is 0 Å². The van der Waals surface area contributed by atoms with Crippen molar-refractivity contribution < 1.29 is 19.4 Å². The second-order valence-corrected chi connectivity index (χ2v) is 7.88. The van der Waals surface area contributed by atoms with E-state index in [0.29, 0.717) is 12.8 Å². The second kappa shape index (κ2) is 11.0. The fourth-order valence-corrected chi connectivity index (χ4v) is 2.54. The summed E-state index contributed by atoms with van der Waals surface area (Å²) in [7, 11) is 0. The van der Waals surface area contributed by atoms with Crippen molar-refractivity contribution in [3.05, 3.63) is 35.9 Å². The molecule has 0 heterocycles. The highest BCUT2D eigenvalue weighted by Gasteiger charge is 2.30. The molecule has 152 valence electrons. The molecule has 4 atom stereocenters. The molecule has 6 nitrogen and oxygen atoms in total. The summed E-state index contributed by atoms with van der Waals surface area (Å²) in [6.07, 6.45) is -0.876.